The van der Waals surface area contributed by atoms with Crippen LogP contribution in [-0.2, 0) is 0 Å². The summed E-state index contributed by atoms with van der Waals surface area (Å²) < 4.78 is 6.00. The Kier molecular flexibility index (Phi) is 2.82. The Morgan fingerprint density at radius 1 is 1.33 bits per heavy atom. The Morgan fingerprint density at radius 3 is 2.76 bits per heavy atom. The van der Waals surface area contributed by atoms with Gasteiger partial charge >= 0.3 is 0 Å². The first kappa shape index (κ1) is 13.0. The molecule has 3 rings (SSSR count). The standard InChI is InChI=1S/C12H12N6O3/c1-5-4-8(17-21-5)10(19)15-9-6(2)13-12-14-7(3)16-18(12)11(9)20/h4H,1-3H3,(H,15,19)(H,13,14,16). The fraction of sp³-hybridized carbons (Fsp3) is 0.250. The zero-order valence-electron chi connectivity index (χ0n) is 11.6. The number of nitrogens with one attached hydrogen (secondary N) is 2. The van der Waals surface area contributed by atoms with E-state index in [2.05, 4.69) is 25.5 Å². The Bertz CT molecular complexity index is 903. The average Bonchev–Trinajstić information content (AvgIpc) is 3.00. The van der Waals surface area contributed by atoms with Gasteiger partial charge in [0.25, 0.3) is 17.2 Å². The normalized spacial score (nSPS) is 11.0. The number of aromatic nitrogens is 5. The van der Waals surface area contributed by atoms with E-state index in [0.717, 1.165) is 0 Å². The van der Waals surface area contributed by atoms with Crippen LogP contribution in [0.2, 0.25) is 0 Å². The van der Waals surface area contributed by atoms with Crippen LogP contribution in [0.15, 0.2) is 15.4 Å². The molecule has 9 nitrogen and oxygen atoms in total. The molecule has 0 spiro atoms. The van der Waals surface area contributed by atoms with E-state index in [9.17, 15) is 9.59 Å². The van der Waals surface area contributed by atoms with Crippen molar-refractivity contribution >= 4 is 17.4 Å². The SMILES string of the molecule is Cc1nc2nc(C)c(NC(=O)c3cc(C)on3)c(=O)n2[nH]1. The van der Waals surface area contributed by atoms with Crippen molar-refractivity contribution in [2.24, 2.45) is 0 Å². The minimum absolute atomic E-state index is 0.0711. The smallest absolute Gasteiger partial charge is 0.298 e. The van der Waals surface area contributed by atoms with Crippen LogP contribution in [0.3, 0.4) is 0 Å². The Morgan fingerprint density at radius 2 is 2.10 bits per heavy atom. The van der Waals surface area contributed by atoms with Crippen LogP contribution in [0.25, 0.3) is 5.78 Å². The van der Waals surface area contributed by atoms with Crippen LogP contribution in [0.5, 0.6) is 0 Å². The minimum atomic E-state index is -0.537. The van der Waals surface area contributed by atoms with Gasteiger partial charge in [0.1, 0.15) is 17.3 Å². The predicted molar refractivity (Wildman–Crippen MR) is 72.3 cm³/mol. The molecule has 0 unspecified atom stereocenters. The fourth-order valence-corrected chi connectivity index (χ4v) is 1.92. The third kappa shape index (κ3) is 2.18. The summed E-state index contributed by atoms with van der Waals surface area (Å²) in [6.07, 6.45) is 0. The van der Waals surface area contributed by atoms with E-state index in [4.69, 9.17) is 4.52 Å². The first-order chi connectivity index (χ1) is 9.95. The summed E-state index contributed by atoms with van der Waals surface area (Å²) in [5.41, 5.74) is 0.103. The first-order valence-corrected chi connectivity index (χ1v) is 6.16. The molecule has 21 heavy (non-hydrogen) atoms. The number of aromatic amines is 1. The van der Waals surface area contributed by atoms with Crippen molar-refractivity contribution < 1.29 is 9.32 Å². The zero-order chi connectivity index (χ0) is 15.1. The zero-order valence-corrected chi connectivity index (χ0v) is 11.6. The highest BCUT2D eigenvalue weighted by molar-refractivity contribution is 6.03. The second kappa shape index (κ2) is 4.54. The number of H-pyrrole nitrogens is 1. The molecule has 3 aromatic rings. The van der Waals surface area contributed by atoms with E-state index in [-0.39, 0.29) is 17.2 Å². The molecule has 0 aliphatic heterocycles. The van der Waals surface area contributed by atoms with Gasteiger partial charge in [-0.3, -0.25) is 14.7 Å². The van der Waals surface area contributed by atoms with Gasteiger partial charge < -0.3 is 9.84 Å². The summed E-state index contributed by atoms with van der Waals surface area (Å²) in [7, 11) is 0. The summed E-state index contributed by atoms with van der Waals surface area (Å²) in [5.74, 6) is 0.774. The molecule has 2 N–H and O–H groups in total. The molecule has 0 bridgehead atoms. The number of hydrogen-bond acceptors (Lipinski definition) is 6. The second-order valence-electron chi connectivity index (χ2n) is 4.60. The van der Waals surface area contributed by atoms with Crippen molar-refractivity contribution in [3.8, 4) is 0 Å². The largest absolute Gasteiger partial charge is 0.361 e. The number of rotatable bonds is 2. The topological polar surface area (TPSA) is 118 Å². The van der Waals surface area contributed by atoms with Crippen molar-refractivity contribution in [2.45, 2.75) is 20.8 Å². The maximum absolute atomic E-state index is 12.3. The fourth-order valence-electron chi connectivity index (χ4n) is 1.92. The molecule has 0 saturated carbocycles. The van der Waals surface area contributed by atoms with Crippen LogP contribution >= 0.6 is 0 Å². The van der Waals surface area contributed by atoms with Crippen molar-refractivity contribution in [1.29, 1.82) is 0 Å². The van der Waals surface area contributed by atoms with Crippen molar-refractivity contribution in [3.63, 3.8) is 0 Å². The van der Waals surface area contributed by atoms with Crippen molar-refractivity contribution in [2.75, 3.05) is 5.32 Å². The van der Waals surface area contributed by atoms with Gasteiger partial charge in [-0.15, -0.1) is 0 Å². The van der Waals surface area contributed by atoms with Gasteiger partial charge in [-0.05, 0) is 20.8 Å². The minimum Gasteiger partial charge on any atom is -0.361 e. The third-order valence-corrected chi connectivity index (χ3v) is 2.89. The lowest BCUT2D eigenvalue weighted by molar-refractivity contribution is 0.101. The molecule has 0 radical (unpaired) electrons. The highest BCUT2D eigenvalue weighted by Crippen LogP contribution is 2.10. The third-order valence-electron chi connectivity index (χ3n) is 2.89. The van der Waals surface area contributed by atoms with Crippen molar-refractivity contribution in [3.05, 3.63) is 39.4 Å². The van der Waals surface area contributed by atoms with Gasteiger partial charge in [0.15, 0.2) is 5.69 Å². The molecule has 0 aromatic carbocycles. The lowest BCUT2D eigenvalue weighted by atomic mass is 10.3. The lowest BCUT2D eigenvalue weighted by Crippen LogP contribution is -2.25. The van der Waals surface area contributed by atoms with Crippen LogP contribution in [0.4, 0.5) is 5.69 Å². The molecular weight excluding hydrogens is 276 g/mol. The van der Waals surface area contributed by atoms with E-state index in [1.807, 2.05) is 0 Å². The van der Waals surface area contributed by atoms with Gasteiger partial charge in [-0.25, -0.2) is 4.98 Å². The van der Waals surface area contributed by atoms with E-state index in [0.29, 0.717) is 17.3 Å². The average molecular weight is 288 g/mol. The van der Waals surface area contributed by atoms with Crippen LogP contribution in [0.1, 0.15) is 27.8 Å². The van der Waals surface area contributed by atoms with Gasteiger partial charge in [0.2, 0.25) is 0 Å². The molecular formula is C12H12N6O3. The highest BCUT2D eigenvalue weighted by Gasteiger charge is 2.17. The maximum Gasteiger partial charge on any atom is 0.298 e. The van der Waals surface area contributed by atoms with E-state index in [1.165, 1.54) is 10.6 Å². The Balaban J connectivity index is 2.04. The Labute approximate surface area is 118 Å². The summed E-state index contributed by atoms with van der Waals surface area (Å²) in [6.45, 7) is 5.00. The quantitative estimate of drug-likeness (QED) is 0.712. The van der Waals surface area contributed by atoms with Crippen LogP contribution in [-0.4, -0.2) is 30.6 Å². The predicted octanol–water partition coefficient (Wildman–Crippen LogP) is 0.583. The molecule has 0 atom stereocenters. The number of aryl methyl sites for hydroxylation is 3. The molecule has 3 aromatic heterocycles. The highest BCUT2D eigenvalue weighted by atomic mass is 16.5. The van der Waals surface area contributed by atoms with Crippen LogP contribution < -0.4 is 10.9 Å². The summed E-state index contributed by atoms with van der Waals surface area (Å²) in [6, 6.07) is 1.48. The lowest BCUT2D eigenvalue weighted by Gasteiger charge is -2.05. The van der Waals surface area contributed by atoms with Crippen molar-refractivity contribution in [1.82, 2.24) is 24.7 Å². The molecule has 0 saturated heterocycles. The molecule has 9 heteroatoms. The van der Waals surface area contributed by atoms with Gasteiger partial charge in [0, 0.05) is 6.07 Å². The summed E-state index contributed by atoms with van der Waals surface area (Å²) >= 11 is 0. The number of amides is 1. The number of anilines is 1. The number of fused-ring (bicyclic) bond motifs is 1. The molecule has 1 amide bonds. The van der Waals surface area contributed by atoms with Gasteiger partial charge in [0.05, 0.1) is 5.69 Å². The van der Waals surface area contributed by atoms with Gasteiger partial charge in [-0.1, -0.05) is 5.16 Å². The first-order valence-electron chi connectivity index (χ1n) is 6.16. The second-order valence-corrected chi connectivity index (χ2v) is 4.60. The van der Waals surface area contributed by atoms with Crippen LogP contribution in [0, 0.1) is 20.8 Å². The monoisotopic (exact) mass is 288 g/mol. The number of hydrogen-bond donors (Lipinski definition) is 2. The molecule has 0 fully saturated rings. The molecule has 3 heterocycles. The summed E-state index contributed by atoms with van der Waals surface area (Å²) in [4.78, 5) is 32.6. The number of carbonyl (C=O) groups is 1. The number of nitrogens with zero attached hydrogens (tertiary/aromatic N) is 4. The maximum atomic E-state index is 12.3. The molecule has 0 aliphatic carbocycles. The van der Waals surface area contributed by atoms with E-state index < -0.39 is 11.5 Å². The van der Waals surface area contributed by atoms with Gasteiger partial charge in [-0.2, -0.15) is 9.50 Å². The molecule has 108 valence electrons. The number of carbonyl (C=O) groups excluding carboxylic acids is 1. The Hall–Kier alpha value is -2.97. The van der Waals surface area contributed by atoms with E-state index in [1.54, 1.807) is 20.8 Å². The molecule has 0 aliphatic rings. The summed E-state index contributed by atoms with van der Waals surface area (Å²) in [5, 5.41) is 8.86. The van der Waals surface area contributed by atoms with E-state index >= 15 is 0 Å².